The van der Waals surface area contributed by atoms with Gasteiger partial charge in [-0.15, -0.1) is 0 Å². The quantitative estimate of drug-likeness (QED) is 0.579. The van der Waals surface area contributed by atoms with Gasteiger partial charge in [-0.2, -0.15) is 0 Å². The highest BCUT2D eigenvalue weighted by Gasteiger charge is 2.26. The molecule has 4 heterocycles. The third-order valence-electron chi connectivity index (χ3n) is 6.70. The summed E-state index contributed by atoms with van der Waals surface area (Å²) in [6, 6.07) is 7.55. The lowest BCUT2D eigenvalue weighted by Crippen LogP contribution is -2.36. The molecule has 0 unspecified atom stereocenters. The molecule has 5 rings (SSSR count). The highest BCUT2D eigenvalue weighted by Crippen LogP contribution is 2.41. The van der Waals surface area contributed by atoms with Crippen LogP contribution in [0.4, 0.5) is 10.9 Å². The number of piperidine rings is 1. The van der Waals surface area contributed by atoms with E-state index in [1.54, 1.807) is 26.3 Å². The summed E-state index contributed by atoms with van der Waals surface area (Å²) >= 11 is 1.46. The maximum absolute atomic E-state index is 13.1. The molecule has 1 aromatic carbocycles. The summed E-state index contributed by atoms with van der Waals surface area (Å²) < 4.78 is 12.0. The van der Waals surface area contributed by atoms with E-state index >= 15 is 0 Å². The van der Waals surface area contributed by atoms with Gasteiger partial charge in [0.1, 0.15) is 17.1 Å². The topological polar surface area (TPSA) is 96.9 Å². The number of methoxy groups -OCH3 is 1. The van der Waals surface area contributed by atoms with Crippen molar-refractivity contribution in [2.24, 2.45) is 0 Å². The van der Waals surface area contributed by atoms with E-state index in [1.165, 1.54) is 16.9 Å². The number of fused-ring (bicyclic) bond motifs is 1. The van der Waals surface area contributed by atoms with Crippen molar-refractivity contribution in [1.29, 1.82) is 0 Å². The summed E-state index contributed by atoms with van der Waals surface area (Å²) in [6.07, 6.45) is 3.47. The van der Waals surface area contributed by atoms with Crippen molar-refractivity contribution < 1.29 is 19.1 Å². The molecule has 2 aliphatic heterocycles. The second kappa shape index (κ2) is 10.2. The zero-order valence-corrected chi connectivity index (χ0v) is 20.8. The fourth-order valence-electron chi connectivity index (χ4n) is 4.74. The number of likely N-dealkylation sites (tertiary alicyclic amines) is 1. The van der Waals surface area contributed by atoms with Gasteiger partial charge in [-0.05, 0) is 42.5 Å². The summed E-state index contributed by atoms with van der Waals surface area (Å²) in [6.45, 7) is 5.95. The number of anilines is 2. The molecule has 0 bridgehead atoms. The first-order valence-electron chi connectivity index (χ1n) is 11.9. The summed E-state index contributed by atoms with van der Waals surface area (Å²) in [5.41, 5.74) is 2.48. The van der Waals surface area contributed by atoms with Crippen molar-refractivity contribution >= 4 is 44.3 Å². The van der Waals surface area contributed by atoms with E-state index in [1.807, 2.05) is 17.0 Å². The standard InChI is InChI=1S/C25H29N5O4S/c1-16(31)29-9-6-17(7-10-29)19-3-4-20(33-2)22-23(19)35-25(27-22)28-24(32)18-5-8-26-21(15-18)30-11-13-34-14-12-30/h3-5,8,15,17H,6-7,9-14H2,1-2H3,(H,27,28,32). The molecular formula is C25H29N5O4S. The molecule has 2 saturated heterocycles. The molecule has 0 radical (unpaired) electrons. The number of hydrogen-bond donors (Lipinski definition) is 1. The van der Waals surface area contributed by atoms with Crippen LogP contribution in [0, 0.1) is 0 Å². The molecule has 184 valence electrons. The molecule has 1 N–H and O–H groups in total. The van der Waals surface area contributed by atoms with E-state index in [9.17, 15) is 9.59 Å². The van der Waals surface area contributed by atoms with E-state index in [2.05, 4.69) is 21.3 Å². The van der Waals surface area contributed by atoms with Crippen LogP contribution in [0.5, 0.6) is 5.75 Å². The first-order valence-corrected chi connectivity index (χ1v) is 12.7. The number of thiazole rings is 1. The van der Waals surface area contributed by atoms with Crippen LogP contribution in [-0.4, -0.2) is 73.2 Å². The number of carbonyl (C=O) groups excluding carboxylic acids is 2. The van der Waals surface area contributed by atoms with Crippen LogP contribution in [0.15, 0.2) is 30.5 Å². The minimum absolute atomic E-state index is 0.124. The average molecular weight is 496 g/mol. The fourth-order valence-corrected chi connectivity index (χ4v) is 5.81. The van der Waals surface area contributed by atoms with Crippen molar-refractivity contribution in [3.8, 4) is 5.75 Å². The number of hydrogen-bond acceptors (Lipinski definition) is 8. The monoisotopic (exact) mass is 495 g/mol. The number of nitrogens with one attached hydrogen (secondary N) is 1. The van der Waals surface area contributed by atoms with Crippen molar-refractivity contribution in [3.63, 3.8) is 0 Å². The number of benzene rings is 1. The number of morpholine rings is 1. The van der Waals surface area contributed by atoms with Gasteiger partial charge in [0.15, 0.2) is 5.13 Å². The smallest absolute Gasteiger partial charge is 0.257 e. The van der Waals surface area contributed by atoms with Crippen molar-refractivity contribution in [2.75, 3.05) is 56.7 Å². The molecule has 2 amide bonds. The molecule has 0 saturated carbocycles. The van der Waals surface area contributed by atoms with E-state index in [4.69, 9.17) is 14.5 Å². The van der Waals surface area contributed by atoms with E-state index in [-0.39, 0.29) is 11.8 Å². The fraction of sp³-hybridized carbons (Fsp3) is 0.440. The van der Waals surface area contributed by atoms with Crippen molar-refractivity contribution in [2.45, 2.75) is 25.7 Å². The summed E-state index contributed by atoms with van der Waals surface area (Å²) in [5.74, 6) is 1.68. The Bertz CT molecular complexity index is 1230. The molecule has 10 heteroatoms. The zero-order chi connectivity index (χ0) is 24.4. The lowest BCUT2D eigenvalue weighted by atomic mass is 9.89. The third-order valence-corrected chi connectivity index (χ3v) is 7.72. The Morgan fingerprint density at radius 3 is 2.63 bits per heavy atom. The van der Waals surface area contributed by atoms with Crippen LogP contribution in [0.25, 0.3) is 10.2 Å². The predicted octanol–water partition coefficient (Wildman–Crippen LogP) is 3.51. The van der Waals surface area contributed by atoms with Gasteiger partial charge in [0.25, 0.3) is 5.91 Å². The van der Waals surface area contributed by atoms with Crippen LogP contribution in [-0.2, 0) is 9.53 Å². The molecule has 2 aromatic heterocycles. The van der Waals surface area contributed by atoms with E-state index in [0.29, 0.717) is 35.6 Å². The average Bonchev–Trinajstić information content (AvgIpc) is 3.32. The number of ether oxygens (including phenoxy) is 2. The normalized spacial score (nSPS) is 17.0. The van der Waals surface area contributed by atoms with Gasteiger partial charge in [-0.1, -0.05) is 17.4 Å². The molecule has 9 nitrogen and oxygen atoms in total. The minimum atomic E-state index is -0.226. The van der Waals surface area contributed by atoms with Gasteiger partial charge in [-0.25, -0.2) is 9.97 Å². The molecular weight excluding hydrogens is 466 g/mol. The lowest BCUT2D eigenvalue weighted by Gasteiger charge is -2.31. The second-order valence-electron chi connectivity index (χ2n) is 8.79. The van der Waals surface area contributed by atoms with Crippen LogP contribution in [0.2, 0.25) is 0 Å². The predicted molar refractivity (Wildman–Crippen MR) is 136 cm³/mol. The Labute approximate surface area is 208 Å². The molecule has 0 aliphatic carbocycles. The molecule has 2 fully saturated rings. The highest BCUT2D eigenvalue weighted by atomic mass is 32.1. The maximum atomic E-state index is 13.1. The van der Waals surface area contributed by atoms with Crippen LogP contribution >= 0.6 is 11.3 Å². The summed E-state index contributed by atoms with van der Waals surface area (Å²) in [5, 5.41) is 3.50. The Hall–Kier alpha value is -3.24. The van der Waals surface area contributed by atoms with Crippen LogP contribution < -0.4 is 15.0 Å². The van der Waals surface area contributed by atoms with Gasteiger partial charge in [0, 0.05) is 44.9 Å². The first-order chi connectivity index (χ1) is 17.0. The van der Waals surface area contributed by atoms with Gasteiger partial charge in [-0.3, -0.25) is 14.9 Å². The van der Waals surface area contributed by atoms with E-state index in [0.717, 1.165) is 55.1 Å². The van der Waals surface area contributed by atoms with Crippen molar-refractivity contribution in [3.05, 3.63) is 41.6 Å². The minimum Gasteiger partial charge on any atom is -0.494 e. The van der Waals surface area contributed by atoms with Gasteiger partial charge >= 0.3 is 0 Å². The van der Waals surface area contributed by atoms with E-state index < -0.39 is 0 Å². The van der Waals surface area contributed by atoms with Gasteiger partial charge in [0.2, 0.25) is 5.91 Å². The number of aromatic nitrogens is 2. The first kappa shape index (κ1) is 23.5. The SMILES string of the molecule is COc1ccc(C2CCN(C(C)=O)CC2)c2sc(NC(=O)c3ccnc(N4CCOCC4)c3)nc12. The number of rotatable bonds is 5. The number of pyridine rings is 1. The molecule has 35 heavy (non-hydrogen) atoms. The molecule has 2 aliphatic rings. The summed E-state index contributed by atoms with van der Waals surface area (Å²) in [4.78, 5) is 38.0. The Morgan fingerprint density at radius 2 is 1.91 bits per heavy atom. The number of carbonyl (C=O) groups is 2. The third kappa shape index (κ3) is 4.94. The highest BCUT2D eigenvalue weighted by molar-refractivity contribution is 7.22. The molecule has 0 spiro atoms. The zero-order valence-electron chi connectivity index (χ0n) is 20.0. The second-order valence-corrected chi connectivity index (χ2v) is 9.79. The van der Waals surface area contributed by atoms with Crippen molar-refractivity contribution in [1.82, 2.24) is 14.9 Å². The largest absolute Gasteiger partial charge is 0.494 e. The Morgan fingerprint density at radius 1 is 1.14 bits per heavy atom. The summed E-state index contributed by atoms with van der Waals surface area (Å²) in [7, 11) is 1.63. The van der Waals surface area contributed by atoms with Crippen LogP contribution in [0.3, 0.4) is 0 Å². The number of nitrogens with zero attached hydrogens (tertiary/aromatic N) is 4. The molecule has 0 atom stereocenters. The lowest BCUT2D eigenvalue weighted by molar-refractivity contribution is -0.129. The maximum Gasteiger partial charge on any atom is 0.257 e. The Balaban J connectivity index is 1.38. The van der Waals surface area contributed by atoms with Gasteiger partial charge in [0.05, 0.1) is 25.0 Å². The molecule has 3 aromatic rings. The van der Waals surface area contributed by atoms with Gasteiger partial charge < -0.3 is 19.3 Å². The van der Waals surface area contributed by atoms with Crippen LogP contribution in [0.1, 0.15) is 41.6 Å². The number of amides is 2. The Kier molecular flexibility index (Phi) is 6.83.